The van der Waals surface area contributed by atoms with Gasteiger partial charge < -0.3 is 9.47 Å². The maximum Gasteiger partial charge on any atom is 0.169 e. The first-order chi connectivity index (χ1) is 12.4. The average molecular weight is 354 g/mol. The van der Waals surface area contributed by atoms with Crippen LogP contribution in [0.5, 0.6) is 0 Å². The molecule has 1 heterocycles. The Balaban J connectivity index is 1.52. The largest absolute Gasteiger partial charge is 0.348 e. The van der Waals surface area contributed by atoms with E-state index in [0.717, 1.165) is 19.3 Å². The molecule has 1 saturated heterocycles. The van der Waals surface area contributed by atoms with Crippen LogP contribution >= 0.6 is 0 Å². The number of hydrogen-bond donors (Lipinski definition) is 0. The van der Waals surface area contributed by atoms with E-state index in [1.807, 2.05) is 0 Å². The molecule has 5 atom stereocenters. The van der Waals surface area contributed by atoms with Gasteiger partial charge in [-0.1, -0.05) is 30.7 Å². The molecule has 5 rings (SSSR count). The van der Waals surface area contributed by atoms with Gasteiger partial charge >= 0.3 is 0 Å². The highest BCUT2D eigenvalue weighted by Crippen LogP contribution is 2.64. The molecule has 26 heavy (non-hydrogen) atoms. The summed E-state index contributed by atoms with van der Waals surface area (Å²) < 4.78 is 12.1. The van der Waals surface area contributed by atoms with Crippen LogP contribution in [0, 0.1) is 30.1 Å². The van der Waals surface area contributed by atoms with Gasteiger partial charge in [0.2, 0.25) is 0 Å². The number of carbonyl (C=O) groups is 1. The number of fused-ring (bicyclic) bond motifs is 5. The van der Waals surface area contributed by atoms with Crippen LogP contribution in [0.3, 0.4) is 0 Å². The Kier molecular flexibility index (Phi) is 3.68. The van der Waals surface area contributed by atoms with Crippen LogP contribution in [-0.4, -0.2) is 24.8 Å². The molecule has 2 saturated carbocycles. The third-order valence-corrected chi connectivity index (χ3v) is 8.13. The number of hydrogen-bond acceptors (Lipinski definition) is 3. The highest BCUT2D eigenvalue weighted by atomic mass is 16.7. The highest BCUT2D eigenvalue weighted by molar-refractivity contribution is 5.88. The molecule has 4 aliphatic rings. The van der Waals surface area contributed by atoms with Crippen molar-refractivity contribution in [2.75, 3.05) is 13.2 Å². The molecule has 1 aromatic carbocycles. The van der Waals surface area contributed by atoms with Gasteiger partial charge in [0.05, 0.1) is 13.2 Å². The summed E-state index contributed by atoms with van der Waals surface area (Å²) in [7, 11) is 0. The molecule has 3 nitrogen and oxygen atoms in total. The summed E-state index contributed by atoms with van der Waals surface area (Å²) in [5.74, 6) is 1.49. The second-order valence-corrected chi connectivity index (χ2v) is 9.48. The molecule has 4 unspecified atom stereocenters. The lowest BCUT2D eigenvalue weighted by atomic mass is 9.53. The van der Waals surface area contributed by atoms with Gasteiger partial charge in [-0.05, 0) is 67.9 Å². The Bertz CT molecular complexity index is 748. The lowest BCUT2D eigenvalue weighted by molar-refractivity contribution is -0.210. The quantitative estimate of drug-likeness (QED) is 0.749. The molecule has 140 valence electrons. The van der Waals surface area contributed by atoms with Crippen molar-refractivity contribution in [3.63, 3.8) is 0 Å². The lowest BCUT2D eigenvalue weighted by Gasteiger charge is -2.52. The molecule has 3 aliphatic carbocycles. The van der Waals surface area contributed by atoms with Crippen molar-refractivity contribution in [1.82, 2.24) is 0 Å². The molecule has 1 aliphatic heterocycles. The predicted octanol–water partition coefficient (Wildman–Crippen LogP) is 4.41. The van der Waals surface area contributed by atoms with Crippen LogP contribution in [0.25, 0.3) is 0 Å². The summed E-state index contributed by atoms with van der Waals surface area (Å²) in [6.07, 6.45) is 5.28. The van der Waals surface area contributed by atoms with Crippen molar-refractivity contribution in [1.29, 1.82) is 0 Å². The molecule has 0 amide bonds. The smallest absolute Gasteiger partial charge is 0.169 e. The molecular formula is C23H30O3. The summed E-state index contributed by atoms with van der Waals surface area (Å²) in [6.45, 7) is 7.97. The Labute approximate surface area is 156 Å². The van der Waals surface area contributed by atoms with E-state index in [2.05, 4.69) is 39.0 Å². The van der Waals surface area contributed by atoms with Gasteiger partial charge in [0.15, 0.2) is 5.79 Å². The van der Waals surface area contributed by atoms with Crippen LogP contribution in [-0.2, 0) is 20.7 Å². The zero-order chi connectivity index (χ0) is 18.1. The summed E-state index contributed by atoms with van der Waals surface area (Å²) in [4.78, 5) is 13.4. The molecule has 0 N–H and O–H groups in total. The summed E-state index contributed by atoms with van der Waals surface area (Å²) in [6, 6.07) is 6.71. The molecule has 1 aromatic rings. The van der Waals surface area contributed by atoms with E-state index in [0.29, 0.717) is 43.2 Å². The van der Waals surface area contributed by atoms with Gasteiger partial charge in [-0.2, -0.15) is 0 Å². The fraction of sp³-hybridized carbons (Fsp3) is 0.696. The van der Waals surface area contributed by atoms with E-state index < -0.39 is 5.79 Å². The summed E-state index contributed by atoms with van der Waals surface area (Å²) in [5.41, 5.74) is 4.05. The van der Waals surface area contributed by atoms with Crippen LogP contribution in [0.2, 0.25) is 0 Å². The van der Waals surface area contributed by atoms with E-state index in [1.54, 1.807) is 0 Å². The summed E-state index contributed by atoms with van der Waals surface area (Å²) >= 11 is 0. The first-order valence-corrected chi connectivity index (χ1v) is 10.3. The number of carbonyl (C=O) groups excluding carboxylic acids is 1. The SMILES string of the molecule is Cc1ccc2c(c1)CCC1C2C(=O)C[C@@]2(C)C1CCC2C1(C)OCCO1. The minimum atomic E-state index is -0.500. The number of Topliss-reactive ketones (excluding diaryl/α,β-unsaturated/α-hetero) is 1. The van der Waals surface area contributed by atoms with Crippen molar-refractivity contribution in [2.24, 2.45) is 23.2 Å². The van der Waals surface area contributed by atoms with E-state index >= 15 is 0 Å². The standard InChI is InChI=1S/C23H30O3/c1-14-4-6-16-15(12-14)5-7-17-18-8-9-20(23(3)25-10-11-26-23)22(18,2)13-19(24)21(16)17/h4,6,12,17-18,20-21H,5,7-11,13H2,1-3H3/t17?,18?,20?,21?,22-/m0/s1. The van der Waals surface area contributed by atoms with Gasteiger partial charge in [0, 0.05) is 18.3 Å². The third-order valence-electron chi connectivity index (χ3n) is 8.13. The van der Waals surface area contributed by atoms with Crippen molar-refractivity contribution in [2.45, 2.75) is 64.6 Å². The molecule has 0 bridgehead atoms. The first-order valence-electron chi connectivity index (χ1n) is 10.3. The van der Waals surface area contributed by atoms with E-state index in [4.69, 9.17) is 9.47 Å². The van der Waals surface area contributed by atoms with Crippen molar-refractivity contribution >= 4 is 5.78 Å². The zero-order valence-electron chi connectivity index (χ0n) is 16.2. The number of ether oxygens (including phenoxy) is 2. The highest BCUT2D eigenvalue weighted by Gasteiger charge is 2.62. The fourth-order valence-electron chi connectivity index (χ4n) is 7.12. The maximum atomic E-state index is 13.4. The van der Waals surface area contributed by atoms with Gasteiger partial charge in [0.25, 0.3) is 0 Å². The van der Waals surface area contributed by atoms with Crippen molar-refractivity contribution in [3.05, 3.63) is 34.9 Å². The lowest BCUT2D eigenvalue weighted by Crippen LogP contribution is -2.52. The van der Waals surface area contributed by atoms with E-state index in [-0.39, 0.29) is 11.3 Å². The van der Waals surface area contributed by atoms with E-state index in [1.165, 1.54) is 23.1 Å². The number of ketones is 1. The van der Waals surface area contributed by atoms with Gasteiger partial charge in [-0.15, -0.1) is 0 Å². The van der Waals surface area contributed by atoms with Gasteiger partial charge in [0.1, 0.15) is 5.78 Å². The van der Waals surface area contributed by atoms with Crippen molar-refractivity contribution in [3.8, 4) is 0 Å². The monoisotopic (exact) mass is 354 g/mol. The van der Waals surface area contributed by atoms with Gasteiger partial charge in [-0.25, -0.2) is 0 Å². The topological polar surface area (TPSA) is 35.5 Å². The summed E-state index contributed by atoms with van der Waals surface area (Å²) in [5, 5.41) is 0. The predicted molar refractivity (Wildman–Crippen MR) is 100.0 cm³/mol. The Morgan fingerprint density at radius 1 is 1.08 bits per heavy atom. The molecule has 0 aromatic heterocycles. The molecule has 3 fully saturated rings. The van der Waals surface area contributed by atoms with Crippen LogP contribution in [0.1, 0.15) is 62.1 Å². The Morgan fingerprint density at radius 3 is 2.62 bits per heavy atom. The average Bonchev–Trinajstić information content (AvgIpc) is 3.18. The number of rotatable bonds is 1. The fourth-order valence-corrected chi connectivity index (χ4v) is 7.12. The number of aryl methyl sites for hydroxylation is 2. The zero-order valence-corrected chi connectivity index (χ0v) is 16.2. The molecule has 0 spiro atoms. The van der Waals surface area contributed by atoms with Crippen molar-refractivity contribution < 1.29 is 14.3 Å². The molecular weight excluding hydrogens is 324 g/mol. The second kappa shape index (κ2) is 5.65. The van der Waals surface area contributed by atoms with Crippen LogP contribution < -0.4 is 0 Å². The van der Waals surface area contributed by atoms with E-state index in [9.17, 15) is 4.79 Å². The number of benzene rings is 1. The maximum absolute atomic E-state index is 13.4. The minimum Gasteiger partial charge on any atom is -0.348 e. The minimum absolute atomic E-state index is 0.0134. The molecule has 0 radical (unpaired) electrons. The second-order valence-electron chi connectivity index (χ2n) is 9.48. The third kappa shape index (κ3) is 2.23. The van der Waals surface area contributed by atoms with Crippen LogP contribution in [0.4, 0.5) is 0 Å². The van der Waals surface area contributed by atoms with Gasteiger partial charge in [-0.3, -0.25) is 4.79 Å². The van der Waals surface area contributed by atoms with Crippen LogP contribution in [0.15, 0.2) is 18.2 Å². The normalized spacial score (nSPS) is 40.8. The molecule has 3 heteroatoms. The Morgan fingerprint density at radius 2 is 1.85 bits per heavy atom. The first kappa shape index (κ1) is 16.9. The Hall–Kier alpha value is -1.19.